The highest BCUT2D eigenvalue weighted by atomic mass is 35.5. The molecule has 21 nitrogen and oxygen atoms in total. The highest BCUT2D eigenvalue weighted by Gasteiger charge is 2.25. The van der Waals surface area contributed by atoms with Crippen LogP contribution in [0, 0.1) is 0 Å². The molecule has 82 heavy (non-hydrogen) atoms. The number of aromatic carboxylic acids is 1. The summed E-state index contributed by atoms with van der Waals surface area (Å²) in [6, 6.07) is 7.67. The second-order valence-corrected chi connectivity index (χ2v) is 22.2. The van der Waals surface area contributed by atoms with E-state index in [0.717, 1.165) is 112 Å². The third kappa shape index (κ3) is 10.8. The van der Waals surface area contributed by atoms with Crippen LogP contribution in [0.15, 0.2) is 73.8 Å². The van der Waals surface area contributed by atoms with Crippen LogP contribution in [0.2, 0.25) is 0 Å². The number of carboxylic acids is 1. The summed E-state index contributed by atoms with van der Waals surface area (Å²) in [5, 5.41) is 22.0. The first-order valence-corrected chi connectivity index (χ1v) is 28.7. The average Bonchev–Trinajstić information content (AvgIpc) is 3.83. The zero-order valence-corrected chi connectivity index (χ0v) is 49.4. The molecule has 0 atom stereocenters. The van der Waals surface area contributed by atoms with Gasteiger partial charge < -0.3 is 52.8 Å². The van der Waals surface area contributed by atoms with E-state index < -0.39 is 5.97 Å². The van der Waals surface area contributed by atoms with Crippen LogP contribution >= 0.6 is 56.9 Å². The van der Waals surface area contributed by atoms with Crippen molar-refractivity contribution in [2.45, 2.75) is 19.0 Å². The van der Waals surface area contributed by atoms with Crippen molar-refractivity contribution in [3.63, 3.8) is 0 Å². The number of carbonyl (C=O) groups is 1. The summed E-state index contributed by atoms with van der Waals surface area (Å²) in [5.41, 5.74) is 5.32. The van der Waals surface area contributed by atoms with Crippen LogP contribution in [0.25, 0.3) is 84.5 Å². The third-order valence-electron chi connectivity index (χ3n) is 13.0. The van der Waals surface area contributed by atoms with E-state index in [1.165, 1.54) is 30.4 Å². The smallest absolute Gasteiger partial charge is 0.345 e. The monoisotopic (exact) mass is 1210 g/mol. The van der Waals surface area contributed by atoms with Gasteiger partial charge in [0, 0.05) is 105 Å². The van der Waals surface area contributed by atoms with Crippen LogP contribution in [0.1, 0.15) is 24.3 Å². The van der Waals surface area contributed by atoms with Crippen molar-refractivity contribution in [2.75, 3.05) is 83.2 Å². The van der Waals surface area contributed by atoms with Gasteiger partial charge in [0.2, 0.25) is 0 Å². The first kappa shape index (κ1) is 57.4. The molecule has 1 aliphatic heterocycles. The molecule has 26 heteroatoms. The Hall–Kier alpha value is -7.88. The molecule has 0 unspecified atom stereocenters. The third-order valence-corrected chi connectivity index (χ3v) is 18.0. The van der Waals surface area contributed by atoms with E-state index in [9.17, 15) is 9.90 Å². The Balaban J connectivity index is 0.000000123. The molecule has 424 valence electrons. The van der Waals surface area contributed by atoms with Gasteiger partial charge >= 0.3 is 5.97 Å². The van der Waals surface area contributed by atoms with Gasteiger partial charge in [0.15, 0.2) is 46.0 Å². The Bertz CT molecular complexity index is 3930. The maximum Gasteiger partial charge on any atom is 0.345 e. The summed E-state index contributed by atoms with van der Waals surface area (Å²) in [6.45, 7) is 4.43. The first-order chi connectivity index (χ1) is 40.1. The second-order valence-electron chi connectivity index (χ2n) is 17.5. The standard InChI is InChI=1S/C17H19N3O3S.C13H11ClN2O2S.C13H10N2O4S.C13H12N2O3S/c1-21-15-12-9-11(10-20-5-7-23-8-6-20)24-17(12)16(22-2)14-13(15)18-3-4-19-14;1-17-11-8-5-7(6-14)19-13(8)12(18-2)10-9(11)15-3-4-16-10;1-18-10-6-5-7(13(16)17)20-12(6)11(19-2)9-8(10)14-3-4-15-9;1-17-11-8-5-7(6-16)19-13(8)12(18-2)10-9(11)14-3-4-15-10/h3-4,9H,5-8,10H2,1-2H3;3-5H,6H2,1-2H3;3-5H,1-2H3,(H,16,17);3-5,16H,6H2,1-2H3. The quantitative estimate of drug-likeness (QED) is 0.102. The summed E-state index contributed by atoms with van der Waals surface area (Å²) in [4.78, 5) is 51.7. The summed E-state index contributed by atoms with van der Waals surface area (Å²) in [6.07, 6.45) is 13.0. The molecule has 8 aromatic heterocycles. The molecule has 0 aliphatic carbocycles. The first-order valence-electron chi connectivity index (χ1n) is 24.9. The molecular weight excluding hydrogens is 1150 g/mol. The number of hydrogen-bond acceptors (Lipinski definition) is 24. The number of hydrogen-bond donors (Lipinski definition) is 2. The van der Waals surface area contributed by atoms with Gasteiger partial charge in [-0.2, -0.15) is 0 Å². The molecule has 13 rings (SSSR count). The highest BCUT2D eigenvalue weighted by molar-refractivity contribution is 7.21. The van der Waals surface area contributed by atoms with E-state index in [4.69, 9.17) is 59.3 Å². The lowest BCUT2D eigenvalue weighted by Crippen LogP contribution is -2.35. The van der Waals surface area contributed by atoms with Crippen LogP contribution < -0.4 is 37.9 Å². The lowest BCUT2D eigenvalue weighted by atomic mass is 10.1. The Morgan fingerprint density at radius 1 is 0.463 bits per heavy atom. The SMILES string of the molecule is COc1c2cc(C(=O)O)sc2c(OC)c2nccnc12.COc1c2cc(CCl)sc2c(OC)c2nccnc12.COc1c2cc(CN3CCOCC3)sc2c(OC)c2nccnc12.COc1c2cc(CO)sc2c(OC)c2nccnc12. The fourth-order valence-corrected chi connectivity index (χ4v) is 14.1. The normalized spacial score (nSPS) is 12.5. The summed E-state index contributed by atoms with van der Waals surface area (Å²) < 4.78 is 53.1. The number of aliphatic hydroxyl groups is 1. The highest BCUT2D eigenvalue weighted by Crippen LogP contribution is 2.49. The van der Waals surface area contributed by atoms with Crippen LogP contribution in [-0.2, 0) is 23.8 Å². The number of aromatic nitrogens is 8. The molecule has 0 amide bonds. The number of alkyl halides is 1. The van der Waals surface area contributed by atoms with E-state index in [1.54, 1.807) is 121 Å². The maximum atomic E-state index is 11.2. The average molecular weight is 1210 g/mol. The fraction of sp³-hybridized carbons (Fsp3) is 0.268. The molecule has 12 aromatic rings. The van der Waals surface area contributed by atoms with Crippen LogP contribution in [0.5, 0.6) is 46.0 Å². The van der Waals surface area contributed by atoms with Gasteiger partial charge in [-0.3, -0.25) is 4.90 Å². The van der Waals surface area contributed by atoms with Crippen molar-refractivity contribution in [3.05, 3.63) is 93.3 Å². The minimum Gasteiger partial charge on any atom is -0.494 e. The number of aliphatic hydroxyl groups excluding tert-OH is 1. The minimum absolute atomic E-state index is 0.0111. The number of benzene rings is 4. The predicted molar refractivity (Wildman–Crippen MR) is 321 cm³/mol. The maximum absolute atomic E-state index is 11.2. The van der Waals surface area contributed by atoms with Crippen molar-refractivity contribution in [1.82, 2.24) is 44.8 Å². The van der Waals surface area contributed by atoms with Crippen LogP contribution in [0.3, 0.4) is 0 Å². The lowest BCUT2D eigenvalue weighted by Gasteiger charge is -2.25. The summed E-state index contributed by atoms with van der Waals surface area (Å²) in [5.74, 6) is 4.80. The molecule has 0 saturated carbocycles. The lowest BCUT2D eigenvalue weighted by molar-refractivity contribution is 0.0346. The number of halogens is 1. The fourth-order valence-electron chi connectivity index (χ4n) is 9.58. The van der Waals surface area contributed by atoms with E-state index in [1.807, 2.05) is 12.1 Å². The minimum atomic E-state index is -0.986. The van der Waals surface area contributed by atoms with Crippen LogP contribution in [0.4, 0.5) is 0 Å². The van der Waals surface area contributed by atoms with Gasteiger partial charge in [0.05, 0.1) is 101 Å². The number of rotatable bonds is 13. The Morgan fingerprint density at radius 2 is 0.756 bits per heavy atom. The largest absolute Gasteiger partial charge is 0.494 e. The van der Waals surface area contributed by atoms with Crippen molar-refractivity contribution in [2.24, 2.45) is 0 Å². The topological polar surface area (TPSA) is 247 Å². The molecule has 1 fully saturated rings. The zero-order valence-electron chi connectivity index (χ0n) is 45.4. The molecule has 1 saturated heterocycles. The predicted octanol–water partition coefficient (Wildman–Crippen LogP) is 11.2. The van der Waals surface area contributed by atoms with Gasteiger partial charge in [0.25, 0.3) is 0 Å². The number of thiophene rings is 4. The summed E-state index contributed by atoms with van der Waals surface area (Å²) >= 11 is 11.8. The molecular formula is C56H52ClN9O12S4. The molecule has 1 aliphatic rings. The molecule has 0 spiro atoms. The van der Waals surface area contributed by atoms with Gasteiger partial charge in [0.1, 0.15) is 49.0 Å². The van der Waals surface area contributed by atoms with Gasteiger partial charge in [-0.1, -0.05) is 0 Å². The van der Waals surface area contributed by atoms with Crippen molar-refractivity contribution < 1.29 is 57.6 Å². The second kappa shape index (κ2) is 25.5. The van der Waals surface area contributed by atoms with Crippen molar-refractivity contribution in [3.8, 4) is 46.0 Å². The number of ether oxygens (including phenoxy) is 9. The zero-order chi connectivity index (χ0) is 57.6. The number of morpholine rings is 1. The van der Waals surface area contributed by atoms with E-state index in [-0.39, 0.29) is 11.5 Å². The van der Waals surface area contributed by atoms with E-state index in [2.05, 4.69) is 50.8 Å². The Labute approximate surface area is 488 Å². The molecule has 2 N–H and O–H groups in total. The summed E-state index contributed by atoms with van der Waals surface area (Å²) in [7, 11) is 12.9. The molecule has 0 bridgehead atoms. The molecule has 9 heterocycles. The Kier molecular flexibility index (Phi) is 17.8. The van der Waals surface area contributed by atoms with E-state index in [0.29, 0.717) is 77.8 Å². The number of methoxy groups -OCH3 is 8. The van der Waals surface area contributed by atoms with E-state index >= 15 is 0 Å². The molecule has 4 aromatic carbocycles. The number of fused-ring (bicyclic) bond motifs is 8. The Morgan fingerprint density at radius 3 is 1.09 bits per heavy atom. The van der Waals surface area contributed by atoms with Gasteiger partial charge in [-0.15, -0.1) is 56.9 Å². The van der Waals surface area contributed by atoms with Gasteiger partial charge in [-0.05, 0) is 24.3 Å². The van der Waals surface area contributed by atoms with Crippen LogP contribution in [-0.4, -0.2) is 144 Å². The number of nitrogens with zero attached hydrogens (tertiary/aromatic N) is 9. The molecule has 0 radical (unpaired) electrons. The van der Waals surface area contributed by atoms with Crippen molar-refractivity contribution >= 4 is 147 Å². The van der Waals surface area contributed by atoms with Gasteiger partial charge in [-0.25, -0.2) is 44.7 Å². The number of carboxylic acid groups (broad SMARTS) is 1. The van der Waals surface area contributed by atoms with Crippen molar-refractivity contribution in [1.29, 1.82) is 0 Å².